The standard InChI is InChI=1S/C9H12N2O3S/c1-6-10-7(5-15-6)4-11(2)8(12)3-9(13)14/h5H,3-4H2,1-2H3,(H,13,14). The van der Waals surface area contributed by atoms with Gasteiger partial charge in [0, 0.05) is 12.4 Å². The molecule has 0 spiro atoms. The van der Waals surface area contributed by atoms with Crippen LogP contribution in [-0.4, -0.2) is 33.9 Å². The lowest BCUT2D eigenvalue weighted by Gasteiger charge is -2.14. The van der Waals surface area contributed by atoms with Crippen LogP contribution in [0.1, 0.15) is 17.1 Å². The number of aromatic nitrogens is 1. The molecule has 6 heteroatoms. The maximum Gasteiger partial charge on any atom is 0.312 e. The van der Waals surface area contributed by atoms with E-state index in [-0.39, 0.29) is 0 Å². The SMILES string of the molecule is Cc1nc(CN(C)C(=O)CC(=O)O)cs1. The van der Waals surface area contributed by atoms with Crippen LogP contribution in [0, 0.1) is 6.92 Å². The fourth-order valence-corrected chi connectivity index (χ4v) is 1.68. The number of carbonyl (C=O) groups excluding carboxylic acids is 1. The molecule has 0 saturated carbocycles. The molecule has 1 amide bonds. The summed E-state index contributed by atoms with van der Waals surface area (Å²) in [6.45, 7) is 2.24. The number of rotatable bonds is 4. The summed E-state index contributed by atoms with van der Waals surface area (Å²) in [6, 6.07) is 0. The Bertz CT molecular complexity index is 375. The van der Waals surface area contributed by atoms with Gasteiger partial charge in [-0.25, -0.2) is 4.98 Å². The van der Waals surface area contributed by atoms with Crippen molar-refractivity contribution in [1.29, 1.82) is 0 Å². The van der Waals surface area contributed by atoms with E-state index in [4.69, 9.17) is 5.11 Å². The van der Waals surface area contributed by atoms with E-state index in [1.807, 2.05) is 12.3 Å². The highest BCUT2D eigenvalue weighted by Gasteiger charge is 2.13. The summed E-state index contributed by atoms with van der Waals surface area (Å²) in [4.78, 5) is 27.1. The molecular weight excluding hydrogens is 216 g/mol. The predicted octanol–water partition coefficient (Wildman–Crippen LogP) is 0.885. The van der Waals surface area contributed by atoms with Crippen molar-refractivity contribution in [3.8, 4) is 0 Å². The van der Waals surface area contributed by atoms with Crippen molar-refractivity contribution in [2.45, 2.75) is 19.9 Å². The van der Waals surface area contributed by atoms with Gasteiger partial charge in [0.15, 0.2) is 0 Å². The van der Waals surface area contributed by atoms with Crippen LogP contribution in [0.5, 0.6) is 0 Å². The number of nitrogens with zero attached hydrogens (tertiary/aromatic N) is 2. The third-order valence-corrected chi connectivity index (χ3v) is 2.62. The van der Waals surface area contributed by atoms with E-state index >= 15 is 0 Å². The number of aryl methyl sites for hydroxylation is 1. The number of carboxylic acids is 1. The van der Waals surface area contributed by atoms with Crippen molar-refractivity contribution in [3.05, 3.63) is 16.1 Å². The molecule has 0 aliphatic carbocycles. The molecule has 0 atom stereocenters. The minimum Gasteiger partial charge on any atom is -0.481 e. The number of amides is 1. The first kappa shape index (κ1) is 11.6. The van der Waals surface area contributed by atoms with Crippen LogP contribution < -0.4 is 0 Å². The molecule has 0 saturated heterocycles. The van der Waals surface area contributed by atoms with E-state index in [1.165, 1.54) is 16.2 Å². The van der Waals surface area contributed by atoms with E-state index < -0.39 is 18.3 Å². The molecule has 0 aliphatic heterocycles. The summed E-state index contributed by atoms with van der Waals surface area (Å²) < 4.78 is 0. The van der Waals surface area contributed by atoms with Crippen LogP contribution in [0.15, 0.2) is 5.38 Å². The third-order valence-electron chi connectivity index (χ3n) is 1.79. The van der Waals surface area contributed by atoms with Gasteiger partial charge in [-0.1, -0.05) is 0 Å². The van der Waals surface area contributed by atoms with Gasteiger partial charge >= 0.3 is 5.97 Å². The van der Waals surface area contributed by atoms with Crippen LogP contribution in [-0.2, 0) is 16.1 Å². The second kappa shape index (κ2) is 4.88. The molecule has 15 heavy (non-hydrogen) atoms. The second-order valence-electron chi connectivity index (χ2n) is 3.18. The Morgan fingerprint density at radius 3 is 2.73 bits per heavy atom. The normalized spacial score (nSPS) is 10.0. The quantitative estimate of drug-likeness (QED) is 0.777. The Morgan fingerprint density at radius 1 is 1.60 bits per heavy atom. The van der Waals surface area contributed by atoms with E-state index in [1.54, 1.807) is 7.05 Å². The number of carboxylic acid groups (broad SMARTS) is 1. The predicted molar refractivity (Wildman–Crippen MR) is 55.6 cm³/mol. The maximum atomic E-state index is 11.3. The first-order valence-corrected chi connectivity index (χ1v) is 5.23. The molecule has 0 aromatic carbocycles. The number of carbonyl (C=O) groups is 2. The Hall–Kier alpha value is -1.43. The molecular formula is C9H12N2O3S. The number of aliphatic carboxylic acids is 1. The summed E-state index contributed by atoms with van der Waals surface area (Å²) in [5.74, 6) is -1.52. The average molecular weight is 228 g/mol. The average Bonchev–Trinajstić information content (AvgIpc) is 2.50. The first-order chi connectivity index (χ1) is 6.99. The summed E-state index contributed by atoms with van der Waals surface area (Å²) >= 11 is 1.51. The number of thiazole rings is 1. The van der Waals surface area contributed by atoms with Crippen LogP contribution >= 0.6 is 11.3 Å². The third kappa shape index (κ3) is 3.67. The number of hydrogen-bond acceptors (Lipinski definition) is 4. The zero-order chi connectivity index (χ0) is 11.4. The van der Waals surface area contributed by atoms with Crippen LogP contribution in [0.25, 0.3) is 0 Å². The van der Waals surface area contributed by atoms with Gasteiger partial charge in [-0.05, 0) is 6.92 Å². The van der Waals surface area contributed by atoms with Crippen LogP contribution in [0.2, 0.25) is 0 Å². The molecule has 0 aliphatic rings. The summed E-state index contributed by atoms with van der Waals surface area (Å²) in [5.41, 5.74) is 0.790. The van der Waals surface area contributed by atoms with Crippen molar-refractivity contribution in [2.75, 3.05) is 7.05 Å². The van der Waals surface area contributed by atoms with Gasteiger partial charge in [-0.15, -0.1) is 11.3 Å². The summed E-state index contributed by atoms with van der Waals surface area (Å²) in [5, 5.41) is 11.2. The summed E-state index contributed by atoms with van der Waals surface area (Å²) in [7, 11) is 1.57. The van der Waals surface area contributed by atoms with Gasteiger partial charge in [0.25, 0.3) is 0 Å². The Kier molecular flexibility index (Phi) is 3.79. The van der Waals surface area contributed by atoms with Crippen molar-refractivity contribution in [3.63, 3.8) is 0 Å². The topological polar surface area (TPSA) is 70.5 Å². The molecule has 0 bridgehead atoms. The lowest BCUT2D eigenvalue weighted by atomic mass is 10.3. The Balaban J connectivity index is 2.51. The minimum absolute atomic E-state index is 0.358. The fourth-order valence-electron chi connectivity index (χ4n) is 1.08. The van der Waals surface area contributed by atoms with E-state index in [0.29, 0.717) is 6.54 Å². The lowest BCUT2D eigenvalue weighted by Crippen LogP contribution is -2.28. The molecule has 0 fully saturated rings. The molecule has 0 unspecified atom stereocenters. The highest BCUT2D eigenvalue weighted by Crippen LogP contribution is 2.10. The molecule has 0 radical (unpaired) electrons. The van der Waals surface area contributed by atoms with E-state index in [0.717, 1.165) is 10.7 Å². The van der Waals surface area contributed by atoms with Gasteiger partial charge < -0.3 is 10.0 Å². The highest BCUT2D eigenvalue weighted by molar-refractivity contribution is 7.09. The Morgan fingerprint density at radius 2 is 2.27 bits per heavy atom. The molecule has 5 nitrogen and oxygen atoms in total. The van der Waals surface area contributed by atoms with Crippen molar-refractivity contribution < 1.29 is 14.7 Å². The van der Waals surface area contributed by atoms with Crippen molar-refractivity contribution >= 4 is 23.2 Å². The van der Waals surface area contributed by atoms with Gasteiger partial charge in [-0.2, -0.15) is 0 Å². The van der Waals surface area contributed by atoms with Gasteiger partial charge in [0.05, 0.1) is 17.2 Å². The molecule has 82 valence electrons. The minimum atomic E-state index is -1.11. The van der Waals surface area contributed by atoms with Crippen LogP contribution in [0.4, 0.5) is 0 Å². The van der Waals surface area contributed by atoms with Crippen molar-refractivity contribution in [1.82, 2.24) is 9.88 Å². The zero-order valence-corrected chi connectivity index (χ0v) is 9.37. The van der Waals surface area contributed by atoms with Crippen LogP contribution in [0.3, 0.4) is 0 Å². The first-order valence-electron chi connectivity index (χ1n) is 4.36. The molecule has 1 aromatic rings. The molecule has 1 N–H and O–H groups in total. The molecule has 1 aromatic heterocycles. The van der Waals surface area contributed by atoms with E-state index in [9.17, 15) is 9.59 Å². The molecule has 1 heterocycles. The smallest absolute Gasteiger partial charge is 0.312 e. The summed E-state index contributed by atoms with van der Waals surface area (Å²) in [6.07, 6.45) is -0.473. The highest BCUT2D eigenvalue weighted by atomic mass is 32.1. The number of hydrogen-bond donors (Lipinski definition) is 1. The van der Waals surface area contributed by atoms with Gasteiger partial charge in [-0.3, -0.25) is 9.59 Å². The molecule has 1 rings (SSSR count). The monoisotopic (exact) mass is 228 g/mol. The second-order valence-corrected chi connectivity index (χ2v) is 4.24. The zero-order valence-electron chi connectivity index (χ0n) is 8.56. The van der Waals surface area contributed by atoms with Crippen molar-refractivity contribution in [2.24, 2.45) is 0 Å². The Labute approximate surface area is 91.4 Å². The maximum absolute atomic E-state index is 11.3. The lowest BCUT2D eigenvalue weighted by molar-refractivity contribution is -0.143. The largest absolute Gasteiger partial charge is 0.481 e. The van der Waals surface area contributed by atoms with Gasteiger partial charge in [0.2, 0.25) is 5.91 Å². The van der Waals surface area contributed by atoms with Gasteiger partial charge in [0.1, 0.15) is 6.42 Å². The van der Waals surface area contributed by atoms with E-state index in [2.05, 4.69) is 4.98 Å². The fraction of sp³-hybridized carbons (Fsp3) is 0.444.